The minimum Gasteiger partial charge on any atom is -0.331 e. The van der Waals surface area contributed by atoms with Gasteiger partial charge in [-0.25, -0.2) is 14.6 Å². The van der Waals surface area contributed by atoms with Crippen LogP contribution in [0.25, 0.3) is 0 Å². The Morgan fingerprint density at radius 2 is 2.13 bits per heavy atom. The van der Waals surface area contributed by atoms with E-state index < -0.39 is 8.45 Å². The summed E-state index contributed by atoms with van der Waals surface area (Å²) in [5.41, 5.74) is 0. The second-order valence-electron chi connectivity index (χ2n) is 2.95. The molecule has 1 heterocycles. The summed E-state index contributed by atoms with van der Waals surface area (Å²) < 4.78 is 7.58. The van der Waals surface area contributed by atoms with Crippen molar-refractivity contribution in [2.45, 2.75) is 12.6 Å². The molecule has 0 aromatic rings. The Morgan fingerprint density at radius 1 is 1.47 bits per heavy atom. The monoisotopic (exact) mass is 276 g/mol. The van der Waals surface area contributed by atoms with Crippen molar-refractivity contribution in [2.24, 2.45) is 0 Å². The second kappa shape index (κ2) is 7.98. The minimum atomic E-state index is -0.963. The van der Waals surface area contributed by atoms with E-state index >= 15 is 0 Å². The van der Waals surface area contributed by atoms with Gasteiger partial charge in [0.25, 0.3) is 0 Å². The van der Waals surface area contributed by atoms with E-state index in [1.54, 1.807) is 0 Å². The number of nitrogens with zero attached hydrogens (tertiary/aromatic N) is 1. The SMILES string of the molecule is OOC1CCOP(N(CCCl)CCCl)N1. The summed E-state index contributed by atoms with van der Waals surface area (Å²) in [5.74, 6) is 1.04. The minimum absolute atomic E-state index is 0.363. The highest BCUT2D eigenvalue weighted by Gasteiger charge is 2.27. The number of hydrogen-bond acceptors (Lipinski definition) is 5. The maximum Gasteiger partial charge on any atom is 0.187 e. The van der Waals surface area contributed by atoms with Crippen molar-refractivity contribution >= 4 is 31.7 Å². The smallest absolute Gasteiger partial charge is 0.187 e. The highest BCUT2D eigenvalue weighted by molar-refractivity contribution is 7.47. The Balaban J connectivity index is 2.42. The Labute approximate surface area is 100 Å². The molecule has 15 heavy (non-hydrogen) atoms. The largest absolute Gasteiger partial charge is 0.331 e. The summed E-state index contributed by atoms with van der Waals surface area (Å²) in [7, 11) is -0.963. The summed E-state index contributed by atoms with van der Waals surface area (Å²) in [6.45, 7) is 1.96. The summed E-state index contributed by atoms with van der Waals surface area (Å²) >= 11 is 11.4. The lowest BCUT2D eigenvalue weighted by molar-refractivity contribution is -0.285. The Hall–Kier alpha value is 0.810. The first-order valence-electron chi connectivity index (χ1n) is 4.68. The van der Waals surface area contributed by atoms with Crippen LogP contribution in [0.4, 0.5) is 0 Å². The van der Waals surface area contributed by atoms with E-state index in [1.807, 2.05) is 4.67 Å². The number of halogens is 2. The molecule has 5 nitrogen and oxygen atoms in total. The van der Waals surface area contributed by atoms with Gasteiger partial charge < -0.3 is 4.52 Å². The molecule has 0 saturated carbocycles. The van der Waals surface area contributed by atoms with Gasteiger partial charge >= 0.3 is 0 Å². The van der Waals surface area contributed by atoms with E-state index in [-0.39, 0.29) is 6.23 Å². The van der Waals surface area contributed by atoms with Crippen LogP contribution < -0.4 is 5.09 Å². The molecule has 0 spiro atoms. The van der Waals surface area contributed by atoms with Crippen LogP contribution in [0.5, 0.6) is 0 Å². The van der Waals surface area contributed by atoms with Crippen LogP contribution in [0.15, 0.2) is 0 Å². The Bertz CT molecular complexity index is 174. The molecule has 2 unspecified atom stereocenters. The predicted molar refractivity (Wildman–Crippen MR) is 61.1 cm³/mol. The first-order valence-corrected chi connectivity index (χ1v) is 6.96. The standard InChI is InChI=1S/C7H15Cl2N2O3P/c8-2-4-11(5-3-9)15-10-7(14-12)1-6-13-15/h7,10,12H,1-6H2. The third kappa shape index (κ3) is 4.67. The second-order valence-corrected chi connectivity index (χ2v) is 5.33. The zero-order chi connectivity index (χ0) is 11.1. The van der Waals surface area contributed by atoms with Gasteiger partial charge in [-0.3, -0.25) is 5.26 Å². The highest BCUT2D eigenvalue weighted by Crippen LogP contribution is 2.40. The van der Waals surface area contributed by atoms with Gasteiger partial charge in [0.2, 0.25) is 0 Å². The Morgan fingerprint density at radius 3 is 2.67 bits per heavy atom. The van der Waals surface area contributed by atoms with Gasteiger partial charge in [0.15, 0.2) is 14.7 Å². The van der Waals surface area contributed by atoms with Gasteiger partial charge in [0.05, 0.1) is 6.61 Å². The molecular weight excluding hydrogens is 262 g/mol. The van der Waals surface area contributed by atoms with Gasteiger partial charge in [0, 0.05) is 31.3 Å². The molecule has 90 valence electrons. The van der Waals surface area contributed by atoms with E-state index in [4.69, 9.17) is 33.0 Å². The van der Waals surface area contributed by atoms with Crippen molar-refractivity contribution < 1.29 is 14.7 Å². The van der Waals surface area contributed by atoms with E-state index in [9.17, 15) is 0 Å². The molecule has 2 atom stereocenters. The van der Waals surface area contributed by atoms with E-state index in [1.165, 1.54) is 0 Å². The Kier molecular flexibility index (Phi) is 7.38. The van der Waals surface area contributed by atoms with Crippen molar-refractivity contribution in [3.8, 4) is 0 Å². The van der Waals surface area contributed by atoms with Gasteiger partial charge in [-0.2, -0.15) is 0 Å². The summed E-state index contributed by atoms with van der Waals surface area (Å²) in [5, 5.41) is 11.6. The lowest BCUT2D eigenvalue weighted by Gasteiger charge is -2.35. The van der Waals surface area contributed by atoms with E-state index in [2.05, 4.69) is 9.97 Å². The average molecular weight is 277 g/mol. The third-order valence-corrected chi connectivity index (χ3v) is 4.11. The summed E-state index contributed by atoms with van der Waals surface area (Å²) in [6, 6.07) is 0. The van der Waals surface area contributed by atoms with Crippen molar-refractivity contribution in [3.05, 3.63) is 0 Å². The van der Waals surface area contributed by atoms with E-state index in [0.29, 0.717) is 37.9 Å². The molecule has 1 aliphatic heterocycles. The third-order valence-electron chi connectivity index (χ3n) is 1.92. The molecule has 2 N–H and O–H groups in total. The zero-order valence-electron chi connectivity index (χ0n) is 8.23. The maximum absolute atomic E-state index is 8.57. The van der Waals surface area contributed by atoms with Gasteiger partial charge in [-0.05, 0) is 0 Å². The molecule has 1 aliphatic rings. The normalized spacial score (nSPS) is 27.2. The number of alkyl halides is 2. The quantitative estimate of drug-likeness (QED) is 0.336. The van der Waals surface area contributed by atoms with Crippen LogP contribution in [0, 0.1) is 0 Å². The molecule has 0 aromatic carbocycles. The molecule has 0 bridgehead atoms. The number of nitrogens with one attached hydrogen (secondary N) is 1. The number of hydrogen-bond donors (Lipinski definition) is 2. The van der Waals surface area contributed by atoms with E-state index in [0.717, 1.165) is 0 Å². The first kappa shape index (κ1) is 13.9. The van der Waals surface area contributed by atoms with Crippen LogP contribution in [-0.4, -0.2) is 47.6 Å². The predicted octanol–water partition coefficient (Wildman–Crippen LogP) is 1.82. The van der Waals surface area contributed by atoms with Crippen LogP contribution in [0.3, 0.4) is 0 Å². The lowest BCUT2D eigenvalue weighted by Crippen LogP contribution is -2.39. The van der Waals surface area contributed by atoms with Crippen LogP contribution in [-0.2, 0) is 9.41 Å². The fourth-order valence-electron chi connectivity index (χ4n) is 1.20. The van der Waals surface area contributed by atoms with Crippen molar-refractivity contribution in [2.75, 3.05) is 31.5 Å². The van der Waals surface area contributed by atoms with Gasteiger partial charge in [-0.15, -0.1) is 23.2 Å². The molecular formula is C7H15Cl2N2O3P. The van der Waals surface area contributed by atoms with Crippen molar-refractivity contribution in [1.82, 2.24) is 9.76 Å². The molecule has 8 heteroatoms. The molecule has 0 aromatic heterocycles. The first-order chi connectivity index (χ1) is 7.31. The van der Waals surface area contributed by atoms with Crippen molar-refractivity contribution in [1.29, 1.82) is 0 Å². The summed E-state index contributed by atoms with van der Waals surface area (Å²) in [6.07, 6.45) is 0.267. The summed E-state index contributed by atoms with van der Waals surface area (Å²) in [4.78, 5) is 4.26. The molecule has 1 fully saturated rings. The highest BCUT2D eigenvalue weighted by atomic mass is 35.5. The van der Waals surface area contributed by atoms with Gasteiger partial charge in [-0.1, -0.05) is 0 Å². The molecule has 1 saturated heterocycles. The maximum atomic E-state index is 8.57. The van der Waals surface area contributed by atoms with Crippen LogP contribution >= 0.6 is 31.7 Å². The fourth-order valence-corrected chi connectivity index (χ4v) is 3.51. The average Bonchev–Trinajstić information content (AvgIpc) is 2.29. The fraction of sp³-hybridized carbons (Fsp3) is 1.00. The van der Waals surface area contributed by atoms with Gasteiger partial charge in [0.1, 0.15) is 0 Å². The zero-order valence-corrected chi connectivity index (χ0v) is 10.6. The topological polar surface area (TPSA) is 54.0 Å². The van der Waals surface area contributed by atoms with Crippen LogP contribution in [0.1, 0.15) is 6.42 Å². The molecule has 0 amide bonds. The molecule has 0 aliphatic carbocycles. The molecule has 1 rings (SSSR count). The lowest BCUT2D eigenvalue weighted by atomic mass is 10.4. The number of rotatable bonds is 6. The molecule has 0 radical (unpaired) electrons. The van der Waals surface area contributed by atoms with Crippen molar-refractivity contribution in [3.63, 3.8) is 0 Å². The van der Waals surface area contributed by atoms with Crippen LogP contribution in [0.2, 0.25) is 0 Å².